The molecule has 0 atom stereocenters. The van der Waals surface area contributed by atoms with E-state index in [2.05, 4.69) is 22.2 Å². The van der Waals surface area contributed by atoms with Crippen LogP contribution in [0.2, 0.25) is 0 Å². The molecule has 0 N–H and O–H groups in total. The molecule has 33 heavy (non-hydrogen) atoms. The maximum atomic E-state index is 13.4. The van der Waals surface area contributed by atoms with Crippen LogP contribution >= 0.6 is 0 Å². The van der Waals surface area contributed by atoms with Crippen molar-refractivity contribution in [2.24, 2.45) is 0 Å². The van der Waals surface area contributed by atoms with Gasteiger partial charge in [-0.3, -0.25) is 4.79 Å². The van der Waals surface area contributed by atoms with E-state index >= 15 is 0 Å². The van der Waals surface area contributed by atoms with Crippen LogP contribution in [0.25, 0.3) is 33.7 Å². The zero-order chi connectivity index (χ0) is 22.4. The Morgan fingerprint density at radius 1 is 0.909 bits per heavy atom. The second-order valence-electron chi connectivity index (χ2n) is 8.01. The van der Waals surface area contributed by atoms with Gasteiger partial charge in [0.2, 0.25) is 0 Å². The van der Waals surface area contributed by atoms with Gasteiger partial charge >= 0.3 is 0 Å². The first kappa shape index (κ1) is 19.2. The quantitative estimate of drug-likeness (QED) is 0.418. The van der Waals surface area contributed by atoms with Gasteiger partial charge in [0.15, 0.2) is 0 Å². The summed E-state index contributed by atoms with van der Waals surface area (Å²) in [4.78, 5) is 18.0. The first-order valence-electron chi connectivity index (χ1n) is 10.7. The van der Waals surface area contributed by atoms with Gasteiger partial charge in [-0.25, -0.2) is 9.67 Å². The molecular formula is C26H20N6O. The molecule has 0 saturated carbocycles. The molecule has 2 aromatic carbocycles. The Labute approximate surface area is 189 Å². The summed E-state index contributed by atoms with van der Waals surface area (Å²) in [7, 11) is 0. The van der Waals surface area contributed by atoms with Crippen molar-refractivity contribution in [1.29, 1.82) is 0 Å². The lowest BCUT2D eigenvalue weighted by molar-refractivity contribution is 0.812. The van der Waals surface area contributed by atoms with Crippen molar-refractivity contribution < 1.29 is 0 Å². The Morgan fingerprint density at radius 3 is 2.55 bits per heavy atom. The number of nitrogens with zero attached hydrogens (tertiary/aromatic N) is 6. The summed E-state index contributed by atoms with van der Waals surface area (Å²) < 4.78 is 5.34. The van der Waals surface area contributed by atoms with E-state index in [4.69, 9.17) is 5.10 Å². The number of hydrogen-bond acceptors (Lipinski definition) is 4. The highest BCUT2D eigenvalue weighted by molar-refractivity contribution is 5.91. The minimum atomic E-state index is -0.132. The molecule has 0 bridgehead atoms. The summed E-state index contributed by atoms with van der Waals surface area (Å²) in [6.07, 6.45) is 7.31. The Hall–Kier alpha value is -4.52. The predicted octanol–water partition coefficient (Wildman–Crippen LogP) is 4.23. The second-order valence-corrected chi connectivity index (χ2v) is 8.01. The standard InChI is InChI=1S/C26H20N6O/c1-18-6-2-3-8-23(18)32-26(33)22-17-30(25-21(24(22)29-32)7-4-13-27-25)16-19-9-11-20(12-10-19)31-15-5-14-28-31/h2-15,17H,16H2,1H3. The number of rotatable bonds is 4. The third-order valence-corrected chi connectivity index (χ3v) is 5.88. The molecule has 160 valence electrons. The lowest BCUT2D eigenvalue weighted by Crippen LogP contribution is -2.16. The molecule has 0 unspecified atom stereocenters. The van der Waals surface area contributed by atoms with Gasteiger partial charge in [0.25, 0.3) is 5.56 Å². The van der Waals surface area contributed by atoms with E-state index < -0.39 is 0 Å². The monoisotopic (exact) mass is 432 g/mol. The number of aryl methyl sites for hydroxylation is 1. The molecule has 4 heterocycles. The van der Waals surface area contributed by atoms with Crippen molar-refractivity contribution in [1.82, 2.24) is 29.1 Å². The summed E-state index contributed by atoms with van der Waals surface area (Å²) in [6, 6.07) is 21.7. The molecule has 0 fully saturated rings. The number of pyridine rings is 2. The normalized spacial score (nSPS) is 11.4. The van der Waals surface area contributed by atoms with Crippen molar-refractivity contribution in [3.8, 4) is 22.6 Å². The predicted molar refractivity (Wildman–Crippen MR) is 127 cm³/mol. The van der Waals surface area contributed by atoms with Crippen LogP contribution in [-0.4, -0.2) is 29.1 Å². The smallest absolute Gasteiger partial charge is 0.282 e. The molecule has 7 nitrogen and oxygen atoms in total. The van der Waals surface area contributed by atoms with Gasteiger partial charge in [0.05, 0.1) is 16.9 Å². The topological polar surface area (TPSA) is 70.5 Å². The van der Waals surface area contributed by atoms with E-state index in [1.54, 1.807) is 12.4 Å². The Morgan fingerprint density at radius 2 is 1.76 bits per heavy atom. The first-order valence-corrected chi connectivity index (χ1v) is 10.7. The maximum Gasteiger partial charge on any atom is 0.282 e. The lowest BCUT2D eigenvalue weighted by atomic mass is 10.1. The van der Waals surface area contributed by atoms with Crippen LogP contribution in [0, 0.1) is 6.92 Å². The van der Waals surface area contributed by atoms with E-state index in [0.717, 1.165) is 33.5 Å². The van der Waals surface area contributed by atoms with Crippen LogP contribution in [0.3, 0.4) is 0 Å². The van der Waals surface area contributed by atoms with Crippen molar-refractivity contribution in [2.45, 2.75) is 13.5 Å². The van der Waals surface area contributed by atoms with Gasteiger partial charge in [-0.1, -0.05) is 30.3 Å². The highest BCUT2D eigenvalue weighted by Crippen LogP contribution is 2.28. The van der Waals surface area contributed by atoms with Gasteiger partial charge in [0.1, 0.15) is 11.3 Å². The van der Waals surface area contributed by atoms with Crippen molar-refractivity contribution >= 4 is 11.0 Å². The molecule has 0 radical (unpaired) electrons. The van der Waals surface area contributed by atoms with Crippen LogP contribution in [0.1, 0.15) is 11.1 Å². The third kappa shape index (κ3) is 3.22. The van der Waals surface area contributed by atoms with Gasteiger partial charge in [0, 0.05) is 36.7 Å². The highest BCUT2D eigenvalue weighted by atomic mass is 16.1. The average Bonchev–Trinajstić information content (AvgIpc) is 3.49. The number of benzene rings is 2. The lowest BCUT2D eigenvalue weighted by Gasteiger charge is -2.13. The molecule has 6 rings (SSSR count). The van der Waals surface area contributed by atoms with Crippen LogP contribution in [-0.2, 0) is 6.54 Å². The zero-order valence-corrected chi connectivity index (χ0v) is 18.0. The van der Waals surface area contributed by atoms with Gasteiger partial charge in [-0.2, -0.15) is 14.9 Å². The summed E-state index contributed by atoms with van der Waals surface area (Å²) in [5.74, 6) is 0. The fraction of sp³-hybridized carbons (Fsp3) is 0.0769. The molecular weight excluding hydrogens is 412 g/mol. The molecule has 0 spiro atoms. The molecule has 0 aliphatic carbocycles. The third-order valence-electron chi connectivity index (χ3n) is 5.88. The Balaban J connectivity index is 1.48. The first-order chi connectivity index (χ1) is 16.2. The SMILES string of the molecule is Cc1ccccc1-n1nc2c3cccnc3n(Cc3ccc(-n4cccn4)cc3)cc-2c1=O. The molecule has 0 saturated heterocycles. The largest absolute Gasteiger partial charge is 0.327 e. The summed E-state index contributed by atoms with van der Waals surface area (Å²) in [5.41, 5.74) is 5.77. The summed E-state index contributed by atoms with van der Waals surface area (Å²) in [6.45, 7) is 2.56. The van der Waals surface area contributed by atoms with Gasteiger partial charge in [-0.05, 0) is 54.4 Å². The molecule has 0 amide bonds. The maximum absolute atomic E-state index is 13.4. The highest BCUT2D eigenvalue weighted by Gasteiger charge is 2.22. The Bertz CT molecular complexity index is 1610. The van der Waals surface area contributed by atoms with E-state index in [1.165, 1.54) is 4.68 Å². The van der Waals surface area contributed by atoms with Crippen LogP contribution < -0.4 is 5.56 Å². The van der Waals surface area contributed by atoms with E-state index in [1.807, 2.05) is 83.2 Å². The fourth-order valence-corrected chi connectivity index (χ4v) is 4.21. The van der Waals surface area contributed by atoms with Crippen molar-refractivity contribution in [3.63, 3.8) is 0 Å². The second kappa shape index (κ2) is 7.56. The minimum absolute atomic E-state index is 0.132. The van der Waals surface area contributed by atoms with E-state index in [9.17, 15) is 4.79 Å². The number of hydrogen-bond donors (Lipinski definition) is 0. The zero-order valence-electron chi connectivity index (χ0n) is 18.0. The summed E-state index contributed by atoms with van der Waals surface area (Å²) in [5, 5.41) is 9.83. The van der Waals surface area contributed by atoms with Crippen LogP contribution in [0.15, 0.2) is 96.3 Å². The molecule has 2 aliphatic heterocycles. The van der Waals surface area contributed by atoms with Crippen LogP contribution in [0.5, 0.6) is 0 Å². The summed E-state index contributed by atoms with van der Waals surface area (Å²) >= 11 is 0. The number of aromatic nitrogens is 6. The van der Waals surface area contributed by atoms with Crippen molar-refractivity contribution in [3.05, 3.63) is 113 Å². The fourth-order valence-electron chi connectivity index (χ4n) is 4.21. The molecule has 2 aliphatic rings. The van der Waals surface area contributed by atoms with Crippen LogP contribution in [0.4, 0.5) is 0 Å². The Kier molecular flexibility index (Phi) is 4.40. The van der Waals surface area contributed by atoms with Gasteiger partial charge in [-0.15, -0.1) is 0 Å². The average molecular weight is 432 g/mol. The van der Waals surface area contributed by atoms with Crippen molar-refractivity contribution in [2.75, 3.05) is 0 Å². The number of para-hydroxylation sites is 1. The molecule has 2 aromatic heterocycles. The number of fused-ring (bicyclic) bond motifs is 3. The molecule has 4 aromatic rings. The van der Waals surface area contributed by atoms with E-state index in [-0.39, 0.29) is 5.56 Å². The van der Waals surface area contributed by atoms with E-state index in [0.29, 0.717) is 17.8 Å². The minimum Gasteiger partial charge on any atom is -0.327 e. The van der Waals surface area contributed by atoms with Gasteiger partial charge < -0.3 is 4.57 Å². The molecule has 7 heteroatoms.